The lowest BCUT2D eigenvalue weighted by Crippen LogP contribution is -2.32. The summed E-state index contributed by atoms with van der Waals surface area (Å²) in [5, 5.41) is 22.6. The number of benzene rings is 2. The van der Waals surface area contributed by atoms with Gasteiger partial charge in [-0.25, -0.2) is 4.79 Å². The lowest BCUT2D eigenvalue weighted by atomic mass is 9.76. The lowest BCUT2D eigenvalue weighted by Gasteiger charge is -2.35. The molecule has 0 aromatic heterocycles. The molecule has 0 aliphatic heterocycles. The fourth-order valence-electron chi connectivity index (χ4n) is 3.93. The van der Waals surface area contributed by atoms with Crippen LogP contribution in [0.15, 0.2) is 36.9 Å². The number of hydrogen-bond acceptors (Lipinski definition) is 4. The van der Waals surface area contributed by atoms with Crippen LogP contribution in [-0.2, 0) is 26.0 Å². The van der Waals surface area contributed by atoms with Crippen LogP contribution in [0.1, 0.15) is 81.8 Å². The van der Waals surface area contributed by atoms with E-state index in [1.54, 1.807) is 19.1 Å². The zero-order valence-electron chi connectivity index (χ0n) is 20.3. The number of rotatable bonds is 4. The van der Waals surface area contributed by atoms with E-state index in [0.717, 1.165) is 28.3 Å². The molecule has 0 saturated carbocycles. The second-order valence-corrected chi connectivity index (χ2v) is 10.6. The van der Waals surface area contributed by atoms with Crippen molar-refractivity contribution in [3.63, 3.8) is 0 Å². The highest BCUT2D eigenvalue weighted by Crippen LogP contribution is 2.48. The fraction of sp³-hybridized carbons (Fsp3) is 0.444. The molecule has 2 aromatic carbocycles. The van der Waals surface area contributed by atoms with Crippen molar-refractivity contribution in [1.29, 1.82) is 0 Å². The number of ether oxygens (including phenoxy) is 1. The number of hydrogen-bond donors (Lipinski definition) is 2. The van der Waals surface area contributed by atoms with Crippen molar-refractivity contribution >= 4 is 5.97 Å². The zero-order valence-corrected chi connectivity index (χ0v) is 20.3. The summed E-state index contributed by atoms with van der Waals surface area (Å²) in [5.41, 5.74) is 2.07. The number of carbonyl (C=O) groups excluding carboxylic acids is 1. The second-order valence-electron chi connectivity index (χ2n) is 10.6. The Morgan fingerprint density at radius 3 is 1.39 bits per heavy atom. The third-order valence-corrected chi connectivity index (χ3v) is 5.62. The van der Waals surface area contributed by atoms with Crippen molar-refractivity contribution in [3.8, 4) is 11.5 Å². The first-order valence-electron chi connectivity index (χ1n) is 10.6. The molecule has 2 rings (SSSR count). The van der Waals surface area contributed by atoms with E-state index < -0.39 is 11.6 Å². The Morgan fingerprint density at radius 2 is 1.10 bits per heavy atom. The van der Waals surface area contributed by atoms with Crippen molar-refractivity contribution in [2.75, 3.05) is 0 Å². The molecule has 4 nitrogen and oxygen atoms in total. The van der Waals surface area contributed by atoms with Gasteiger partial charge in [0.05, 0.1) is 0 Å². The summed E-state index contributed by atoms with van der Waals surface area (Å²) >= 11 is 0. The molecule has 4 heteroatoms. The number of aromatic hydroxyl groups is 2. The summed E-state index contributed by atoms with van der Waals surface area (Å²) in [5.74, 6) is -0.537. The van der Waals surface area contributed by atoms with Gasteiger partial charge in [0.25, 0.3) is 0 Å². The van der Waals surface area contributed by atoms with Gasteiger partial charge in [-0.15, -0.1) is 0 Å². The molecule has 31 heavy (non-hydrogen) atoms. The Kier molecular flexibility index (Phi) is 6.38. The number of esters is 1. The van der Waals surface area contributed by atoms with Crippen LogP contribution in [0, 0.1) is 13.8 Å². The molecule has 0 saturated heterocycles. The minimum absolute atomic E-state index is 0.0516. The SMILES string of the molecule is C=CC(=O)OC(C)(c1cc(C)cc(C(C)(C)C)c1O)c1cc(C)cc(C(C)(C)C)c1O. The third kappa shape index (κ3) is 4.79. The molecule has 2 N–H and O–H groups in total. The van der Waals surface area contributed by atoms with Gasteiger partial charge in [-0.3, -0.25) is 0 Å². The molecule has 2 aromatic rings. The average molecular weight is 425 g/mol. The average Bonchev–Trinajstić information content (AvgIpc) is 2.62. The highest BCUT2D eigenvalue weighted by atomic mass is 16.6. The fourth-order valence-corrected chi connectivity index (χ4v) is 3.93. The van der Waals surface area contributed by atoms with Gasteiger partial charge in [0.1, 0.15) is 11.5 Å². The van der Waals surface area contributed by atoms with Gasteiger partial charge in [0.15, 0.2) is 5.60 Å². The quantitative estimate of drug-likeness (QED) is 0.446. The van der Waals surface area contributed by atoms with E-state index in [9.17, 15) is 15.0 Å². The van der Waals surface area contributed by atoms with Crippen LogP contribution in [0.2, 0.25) is 0 Å². The largest absolute Gasteiger partial charge is 0.507 e. The normalized spacial score (nSPS) is 12.5. The van der Waals surface area contributed by atoms with Gasteiger partial charge < -0.3 is 14.9 Å². The van der Waals surface area contributed by atoms with Crippen molar-refractivity contribution in [2.45, 2.75) is 78.7 Å². The molecular weight excluding hydrogens is 388 g/mol. The van der Waals surface area contributed by atoms with Gasteiger partial charge in [-0.05, 0) is 54.9 Å². The predicted octanol–water partition coefficient (Wildman–Crippen LogP) is 6.30. The maximum Gasteiger partial charge on any atom is 0.331 e. The molecule has 0 spiro atoms. The zero-order chi connectivity index (χ0) is 23.9. The van der Waals surface area contributed by atoms with Crippen LogP contribution < -0.4 is 0 Å². The Bertz CT molecular complexity index is 947. The van der Waals surface area contributed by atoms with Gasteiger partial charge in [0, 0.05) is 17.2 Å². The van der Waals surface area contributed by atoms with Gasteiger partial charge in [-0.1, -0.05) is 71.4 Å². The lowest BCUT2D eigenvalue weighted by molar-refractivity contribution is -0.149. The summed E-state index contributed by atoms with van der Waals surface area (Å²) in [6, 6.07) is 7.48. The van der Waals surface area contributed by atoms with Crippen LogP contribution in [0.3, 0.4) is 0 Å². The van der Waals surface area contributed by atoms with Crippen molar-refractivity contribution in [1.82, 2.24) is 0 Å². The van der Waals surface area contributed by atoms with E-state index in [1.165, 1.54) is 0 Å². The summed E-state index contributed by atoms with van der Waals surface area (Å²) in [6.45, 7) is 21.2. The number of aryl methyl sites for hydroxylation is 2. The Balaban J connectivity index is 2.99. The molecule has 0 aliphatic carbocycles. The molecule has 0 amide bonds. The van der Waals surface area contributed by atoms with Gasteiger partial charge in [0.2, 0.25) is 0 Å². The number of carbonyl (C=O) groups is 1. The van der Waals surface area contributed by atoms with Crippen LogP contribution in [0.25, 0.3) is 0 Å². The van der Waals surface area contributed by atoms with E-state index in [4.69, 9.17) is 4.74 Å². The Labute approximate surface area is 186 Å². The number of phenols is 2. The van der Waals surface area contributed by atoms with Crippen LogP contribution >= 0.6 is 0 Å². The highest BCUT2D eigenvalue weighted by Gasteiger charge is 2.41. The van der Waals surface area contributed by atoms with E-state index in [2.05, 4.69) is 6.58 Å². The van der Waals surface area contributed by atoms with Crippen molar-refractivity contribution in [2.24, 2.45) is 0 Å². The maximum atomic E-state index is 12.4. The highest BCUT2D eigenvalue weighted by molar-refractivity contribution is 5.82. The Hall–Kier alpha value is -2.75. The molecule has 0 aliphatic rings. The van der Waals surface area contributed by atoms with E-state index in [0.29, 0.717) is 11.1 Å². The first kappa shape index (κ1) is 24.5. The van der Waals surface area contributed by atoms with Crippen LogP contribution in [0.5, 0.6) is 11.5 Å². The summed E-state index contributed by atoms with van der Waals surface area (Å²) in [7, 11) is 0. The molecule has 0 atom stereocenters. The topological polar surface area (TPSA) is 66.8 Å². The van der Waals surface area contributed by atoms with Crippen LogP contribution in [0.4, 0.5) is 0 Å². The van der Waals surface area contributed by atoms with Crippen LogP contribution in [-0.4, -0.2) is 16.2 Å². The minimum atomic E-state index is -1.43. The minimum Gasteiger partial charge on any atom is -0.507 e. The summed E-state index contributed by atoms with van der Waals surface area (Å²) in [4.78, 5) is 12.4. The Morgan fingerprint density at radius 1 is 0.774 bits per heavy atom. The number of phenolic OH excluding ortho intramolecular Hbond substituents is 2. The second kappa shape index (κ2) is 8.07. The molecule has 0 fully saturated rings. The maximum absolute atomic E-state index is 12.4. The predicted molar refractivity (Wildman–Crippen MR) is 126 cm³/mol. The molecule has 0 heterocycles. The first-order valence-corrected chi connectivity index (χ1v) is 10.6. The van der Waals surface area contributed by atoms with Crippen molar-refractivity contribution < 1.29 is 19.7 Å². The molecule has 0 radical (unpaired) electrons. The summed E-state index contributed by atoms with van der Waals surface area (Å²) < 4.78 is 5.89. The smallest absolute Gasteiger partial charge is 0.331 e. The van der Waals surface area contributed by atoms with E-state index in [1.807, 2.05) is 67.5 Å². The molecule has 168 valence electrons. The first-order chi connectivity index (χ1) is 14.0. The van der Waals surface area contributed by atoms with Crippen molar-refractivity contribution in [3.05, 3.63) is 70.3 Å². The standard InChI is InChI=1S/C27H36O4/c1-11-22(28)31-27(10,20-14-16(2)12-18(23(20)29)25(4,5)6)21-15-17(3)13-19(24(21)30)26(7,8)9/h11-15,29-30H,1H2,2-10H3. The molecular formula is C27H36O4. The summed E-state index contributed by atoms with van der Waals surface area (Å²) in [6.07, 6.45) is 1.09. The van der Waals surface area contributed by atoms with Gasteiger partial charge in [-0.2, -0.15) is 0 Å². The van der Waals surface area contributed by atoms with E-state index in [-0.39, 0.29) is 22.3 Å². The van der Waals surface area contributed by atoms with E-state index >= 15 is 0 Å². The van der Waals surface area contributed by atoms with Gasteiger partial charge >= 0.3 is 5.97 Å². The molecule has 0 bridgehead atoms. The third-order valence-electron chi connectivity index (χ3n) is 5.62. The monoisotopic (exact) mass is 424 g/mol. The molecule has 0 unspecified atom stereocenters.